The lowest BCUT2D eigenvalue weighted by Gasteiger charge is -2.26. The zero-order valence-electron chi connectivity index (χ0n) is 12.3. The lowest BCUT2D eigenvalue weighted by atomic mass is 10.0. The third-order valence-corrected chi connectivity index (χ3v) is 5.18. The highest BCUT2D eigenvalue weighted by Crippen LogP contribution is 2.32. The molecule has 0 aliphatic carbocycles. The highest BCUT2D eigenvalue weighted by atomic mass is 32.2. The third kappa shape index (κ3) is 3.66. The van der Waals surface area contributed by atoms with E-state index in [2.05, 4.69) is 4.72 Å². The first-order valence-electron chi connectivity index (χ1n) is 6.95. The number of hydrogen-bond donors (Lipinski definition) is 2. The summed E-state index contributed by atoms with van der Waals surface area (Å²) in [7, 11) is -3.73. The maximum absolute atomic E-state index is 12.4. The van der Waals surface area contributed by atoms with Gasteiger partial charge in [-0.05, 0) is 25.5 Å². The smallest absolute Gasteiger partial charge is 0.241 e. The van der Waals surface area contributed by atoms with E-state index >= 15 is 0 Å². The van der Waals surface area contributed by atoms with Gasteiger partial charge in [0.2, 0.25) is 10.0 Å². The van der Waals surface area contributed by atoms with E-state index in [1.54, 1.807) is 13.0 Å². The Labute approximate surface area is 125 Å². The Hall–Kier alpha value is -1.31. The normalized spacial score (nSPS) is 17.9. The molecule has 0 aromatic heterocycles. The monoisotopic (exact) mass is 315 g/mol. The second-order valence-electron chi connectivity index (χ2n) is 5.34. The Morgan fingerprint density at radius 2 is 1.95 bits per heavy atom. The number of rotatable bonds is 5. The van der Waals surface area contributed by atoms with Crippen LogP contribution in [0.25, 0.3) is 0 Å². The topological polar surface area (TPSA) is 84.9 Å². The second kappa shape index (κ2) is 6.21. The average Bonchev–Trinajstić information content (AvgIpc) is 2.71. The maximum Gasteiger partial charge on any atom is 0.241 e. The molecule has 1 heterocycles. The highest BCUT2D eigenvalue weighted by Gasteiger charge is 2.29. The molecule has 0 bridgehead atoms. The number of aliphatic hydroxyl groups excluding tert-OH is 1. The minimum absolute atomic E-state index is 0.0971. The van der Waals surface area contributed by atoms with E-state index in [0.29, 0.717) is 31.1 Å². The van der Waals surface area contributed by atoms with Crippen molar-refractivity contribution in [2.24, 2.45) is 0 Å². The van der Waals surface area contributed by atoms with Crippen LogP contribution >= 0.6 is 0 Å². The molecule has 0 spiro atoms. The van der Waals surface area contributed by atoms with Gasteiger partial charge in [-0.1, -0.05) is 6.92 Å². The minimum atomic E-state index is -3.73. The van der Waals surface area contributed by atoms with Crippen LogP contribution in [0.15, 0.2) is 23.1 Å². The molecule has 0 saturated heterocycles. The van der Waals surface area contributed by atoms with Gasteiger partial charge in [-0.2, -0.15) is 0 Å². The fourth-order valence-corrected chi connectivity index (χ4v) is 3.40. The van der Waals surface area contributed by atoms with Crippen LogP contribution in [0.2, 0.25) is 0 Å². The van der Waals surface area contributed by atoms with Crippen LogP contribution in [0.5, 0.6) is 11.5 Å². The van der Waals surface area contributed by atoms with E-state index in [0.717, 1.165) is 6.42 Å². The van der Waals surface area contributed by atoms with E-state index in [-0.39, 0.29) is 11.5 Å². The zero-order valence-corrected chi connectivity index (χ0v) is 13.1. The van der Waals surface area contributed by atoms with Crippen LogP contribution in [0, 0.1) is 0 Å². The van der Waals surface area contributed by atoms with Gasteiger partial charge in [0.05, 0.1) is 30.3 Å². The summed E-state index contributed by atoms with van der Waals surface area (Å²) in [6.07, 6.45) is 1.24. The second-order valence-corrected chi connectivity index (χ2v) is 7.02. The van der Waals surface area contributed by atoms with Crippen LogP contribution in [-0.4, -0.2) is 38.9 Å². The summed E-state index contributed by atoms with van der Waals surface area (Å²) in [6, 6.07) is 4.52. The molecule has 6 nitrogen and oxygen atoms in total. The molecule has 118 valence electrons. The molecule has 21 heavy (non-hydrogen) atoms. The summed E-state index contributed by atoms with van der Waals surface area (Å²) in [4.78, 5) is 0.0971. The molecule has 0 saturated carbocycles. The van der Waals surface area contributed by atoms with Gasteiger partial charge in [-0.3, -0.25) is 0 Å². The van der Waals surface area contributed by atoms with Gasteiger partial charge >= 0.3 is 0 Å². The number of fused-ring (bicyclic) bond motifs is 1. The van der Waals surface area contributed by atoms with Crippen molar-refractivity contribution in [2.75, 3.05) is 19.8 Å². The first-order valence-corrected chi connectivity index (χ1v) is 8.43. The summed E-state index contributed by atoms with van der Waals surface area (Å²) in [5, 5.41) is 9.35. The van der Waals surface area contributed by atoms with Gasteiger partial charge in [0.25, 0.3) is 0 Å². The van der Waals surface area contributed by atoms with Gasteiger partial charge < -0.3 is 14.6 Å². The predicted octanol–water partition coefficient (Wildman–Crippen LogP) is 1.29. The largest absolute Gasteiger partial charge is 0.490 e. The van der Waals surface area contributed by atoms with Gasteiger partial charge in [0, 0.05) is 12.5 Å². The summed E-state index contributed by atoms with van der Waals surface area (Å²) < 4.78 is 38.4. The van der Waals surface area contributed by atoms with Gasteiger partial charge in [-0.15, -0.1) is 0 Å². The summed E-state index contributed by atoms with van der Waals surface area (Å²) in [6.45, 7) is 4.25. The van der Waals surface area contributed by atoms with Crippen LogP contribution < -0.4 is 14.2 Å². The summed E-state index contributed by atoms with van der Waals surface area (Å²) in [5.41, 5.74) is -0.886. The first-order chi connectivity index (χ1) is 9.90. The quantitative estimate of drug-likeness (QED) is 0.855. The van der Waals surface area contributed by atoms with Crippen LogP contribution in [0.4, 0.5) is 0 Å². The summed E-state index contributed by atoms with van der Waals surface area (Å²) >= 11 is 0. The molecule has 1 aromatic carbocycles. The van der Waals surface area contributed by atoms with Crippen molar-refractivity contribution in [3.63, 3.8) is 0 Å². The molecular formula is C14H21NO5S. The van der Waals surface area contributed by atoms with Crippen molar-refractivity contribution in [1.29, 1.82) is 0 Å². The van der Waals surface area contributed by atoms with E-state index in [9.17, 15) is 13.5 Å². The Morgan fingerprint density at radius 1 is 1.29 bits per heavy atom. The molecule has 0 fully saturated rings. The highest BCUT2D eigenvalue weighted by molar-refractivity contribution is 7.89. The van der Waals surface area contributed by atoms with Crippen LogP contribution in [0.1, 0.15) is 26.7 Å². The Balaban J connectivity index is 2.30. The predicted molar refractivity (Wildman–Crippen MR) is 78.2 cm³/mol. The first kappa shape index (κ1) is 16.1. The van der Waals surface area contributed by atoms with Crippen molar-refractivity contribution >= 4 is 10.0 Å². The van der Waals surface area contributed by atoms with E-state index < -0.39 is 15.6 Å². The zero-order chi connectivity index (χ0) is 15.5. The lowest BCUT2D eigenvalue weighted by Crippen LogP contribution is -2.48. The molecule has 1 unspecified atom stereocenters. The number of hydrogen-bond acceptors (Lipinski definition) is 5. The molecule has 1 aliphatic heterocycles. The lowest BCUT2D eigenvalue weighted by molar-refractivity contribution is 0.191. The third-order valence-electron chi connectivity index (χ3n) is 3.54. The molecule has 1 aliphatic rings. The Kier molecular flexibility index (Phi) is 4.75. The van der Waals surface area contributed by atoms with Crippen LogP contribution in [-0.2, 0) is 10.0 Å². The molecular weight excluding hydrogens is 294 g/mol. The van der Waals surface area contributed by atoms with Gasteiger partial charge in [0.1, 0.15) is 0 Å². The van der Waals surface area contributed by atoms with Crippen molar-refractivity contribution in [2.45, 2.75) is 37.1 Å². The number of benzene rings is 1. The fourth-order valence-electron chi connectivity index (χ4n) is 1.91. The van der Waals surface area contributed by atoms with E-state index in [4.69, 9.17) is 9.47 Å². The molecule has 0 amide bonds. The van der Waals surface area contributed by atoms with Gasteiger partial charge in [-0.25, -0.2) is 13.1 Å². The summed E-state index contributed by atoms with van der Waals surface area (Å²) in [5.74, 6) is 0.976. The molecule has 2 N–H and O–H groups in total. The van der Waals surface area contributed by atoms with Crippen LogP contribution in [0.3, 0.4) is 0 Å². The standard InChI is InChI=1S/C14H21NO5S/c1-3-14(2,10-16)15-21(17,18)11-5-6-12-13(9-11)20-8-4-7-19-12/h5-6,9,15-16H,3-4,7-8,10H2,1-2H3. The van der Waals surface area contributed by atoms with Crippen molar-refractivity contribution in [3.8, 4) is 11.5 Å². The van der Waals surface area contributed by atoms with Crippen molar-refractivity contribution < 1.29 is 23.0 Å². The molecule has 1 atom stereocenters. The van der Waals surface area contributed by atoms with Crippen molar-refractivity contribution in [1.82, 2.24) is 4.72 Å². The number of nitrogens with one attached hydrogen (secondary N) is 1. The van der Waals surface area contributed by atoms with Gasteiger partial charge in [0.15, 0.2) is 11.5 Å². The van der Waals surface area contributed by atoms with E-state index in [1.807, 2.05) is 6.92 Å². The molecule has 1 aromatic rings. The average molecular weight is 315 g/mol. The number of sulfonamides is 1. The molecule has 0 radical (unpaired) electrons. The SMILES string of the molecule is CCC(C)(CO)NS(=O)(=O)c1ccc2c(c1)OCCCO2. The number of ether oxygens (including phenoxy) is 2. The fraction of sp³-hybridized carbons (Fsp3) is 0.571. The Bertz CT molecular complexity index is 595. The van der Waals surface area contributed by atoms with E-state index in [1.165, 1.54) is 12.1 Å². The maximum atomic E-state index is 12.4. The number of aliphatic hydroxyl groups is 1. The van der Waals surface area contributed by atoms with Crippen molar-refractivity contribution in [3.05, 3.63) is 18.2 Å². The Morgan fingerprint density at radius 3 is 2.57 bits per heavy atom. The molecule has 7 heteroatoms. The molecule has 2 rings (SSSR count). The minimum Gasteiger partial charge on any atom is -0.490 e.